The molecule has 0 radical (unpaired) electrons. The lowest BCUT2D eigenvalue weighted by atomic mass is 10.1. The van der Waals surface area contributed by atoms with Crippen LogP contribution in [0.5, 0.6) is 0 Å². The maximum atomic E-state index is 12.3. The molecule has 2 nitrogen and oxygen atoms in total. The molecule has 1 aromatic carbocycles. The minimum absolute atomic E-state index is 0.302. The molecular formula is C14H23NOS. The molecule has 0 aliphatic carbocycles. The topological polar surface area (TPSA) is 29.1 Å². The van der Waals surface area contributed by atoms with Gasteiger partial charge in [0.25, 0.3) is 0 Å². The van der Waals surface area contributed by atoms with Crippen molar-refractivity contribution in [3.63, 3.8) is 0 Å². The van der Waals surface area contributed by atoms with Crippen molar-refractivity contribution in [1.29, 1.82) is 0 Å². The molecule has 2 unspecified atom stereocenters. The van der Waals surface area contributed by atoms with Crippen LogP contribution in [-0.2, 0) is 10.8 Å². The lowest BCUT2D eigenvalue weighted by Crippen LogP contribution is -2.35. The van der Waals surface area contributed by atoms with Crippen LogP contribution >= 0.6 is 0 Å². The Hall–Kier alpha value is -0.670. The first kappa shape index (κ1) is 14.4. The molecule has 0 saturated heterocycles. The summed E-state index contributed by atoms with van der Waals surface area (Å²) < 4.78 is 12.3. The summed E-state index contributed by atoms with van der Waals surface area (Å²) in [4.78, 5) is 0.969. The first-order valence-electron chi connectivity index (χ1n) is 6.08. The number of hydrogen-bond acceptors (Lipinski definition) is 2. The van der Waals surface area contributed by atoms with Crippen molar-refractivity contribution in [2.24, 2.45) is 5.92 Å². The van der Waals surface area contributed by atoms with Crippen molar-refractivity contribution in [3.05, 3.63) is 29.3 Å². The fraction of sp³-hybridized carbons (Fsp3) is 0.571. The first-order chi connectivity index (χ1) is 7.95. The van der Waals surface area contributed by atoms with E-state index in [-0.39, 0.29) is 0 Å². The Kier molecular flexibility index (Phi) is 5.34. The largest absolute Gasteiger partial charge is 0.316 e. The average Bonchev–Trinajstić information content (AvgIpc) is 2.24. The Morgan fingerprint density at radius 2 is 1.94 bits per heavy atom. The van der Waals surface area contributed by atoms with Gasteiger partial charge in [-0.3, -0.25) is 4.21 Å². The van der Waals surface area contributed by atoms with Crippen molar-refractivity contribution >= 4 is 10.8 Å². The Labute approximate surface area is 107 Å². The number of nitrogens with one attached hydrogen (secondary N) is 1. The number of hydrogen-bond donors (Lipinski definition) is 1. The molecule has 0 spiro atoms. The second-order valence-corrected chi connectivity index (χ2v) is 6.38. The summed E-state index contributed by atoms with van der Waals surface area (Å²) in [5, 5.41) is 3.24. The number of aryl methyl sites for hydroxylation is 2. The monoisotopic (exact) mass is 253 g/mol. The molecule has 96 valence electrons. The summed E-state index contributed by atoms with van der Waals surface area (Å²) in [7, 11) is 1.02. The van der Waals surface area contributed by atoms with Crippen LogP contribution in [0.1, 0.15) is 25.0 Å². The second kappa shape index (κ2) is 6.31. The third-order valence-electron chi connectivity index (χ3n) is 3.08. The van der Waals surface area contributed by atoms with Crippen LogP contribution in [0, 0.1) is 19.8 Å². The molecular weight excluding hydrogens is 230 g/mol. The maximum Gasteiger partial charge on any atom is 0.0548 e. The fourth-order valence-corrected chi connectivity index (χ4v) is 3.61. The van der Waals surface area contributed by atoms with Gasteiger partial charge in [0.2, 0.25) is 0 Å². The van der Waals surface area contributed by atoms with E-state index in [9.17, 15) is 4.21 Å². The Balaban J connectivity index is 2.82. The van der Waals surface area contributed by atoms with Gasteiger partial charge in [0.1, 0.15) is 0 Å². The molecule has 3 heteroatoms. The smallest absolute Gasteiger partial charge is 0.0548 e. The molecule has 2 atom stereocenters. The summed E-state index contributed by atoms with van der Waals surface area (Å²) >= 11 is 0. The van der Waals surface area contributed by atoms with Gasteiger partial charge in [-0.25, -0.2) is 0 Å². The van der Waals surface area contributed by atoms with Gasteiger partial charge in [-0.15, -0.1) is 0 Å². The van der Waals surface area contributed by atoms with Gasteiger partial charge in [-0.1, -0.05) is 31.5 Å². The summed E-state index contributed by atoms with van der Waals surface area (Å²) in [6, 6.07) is 6.42. The maximum absolute atomic E-state index is 12.3. The van der Waals surface area contributed by atoms with Crippen molar-refractivity contribution in [1.82, 2.24) is 5.32 Å². The van der Waals surface area contributed by atoms with Crippen molar-refractivity contribution in [2.45, 2.75) is 38.6 Å². The molecule has 0 bridgehead atoms. The zero-order chi connectivity index (χ0) is 13.0. The van der Waals surface area contributed by atoms with Crippen LogP contribution in [0.2, 0.25) is 0 Å². The minimum atomic E-state index is -0.916. The molecule has 0 heterocycles. The van der Waals surface area contributed by atoms with Crippen molar-refractivity contribution in [3.8, 4) is 0 Å². The quantitative estimate of drug-likeness (QED) is 0.874. The van der Waals surface area contributed by atoms with Crippen LogP contribution in [0.25, 0.3) is 0 Å². The molecule has 0 fully saturated rings. The average molecular weight is 253 g/mol. The predicted molar refractivity (Wildman–Crippen MR) is 74.9 cm³/mol. The molecule has 1 rings (SSSR count). The summed E-state index contributed by atoms with van der Waals surface area (Å²) in [6.07, 6.45) is 0. The lowest BCUT2D eigenvalue weighted by Gasteiger charge is -2.20. The highest BCUT2D eigenvalue weighted by molar-refractivity contribution is 7.85. The minimum Gasteiger partial charge on any atom is -0.316 e. The second-order valence-electron chi connectivity index (χ2n) is 4.92. The predicted octanol–water partition coefficient (Wildman–Crippen LogP) is 2.66. The van der Waals surface area contributed by atoms with E-state index in [0.717, 1.165) is 10.5 Å². The summed E-state index contributed by atoms with van der Waals surface area (Å²) in [5.74, 6) is 1.17. The van der Waals surface area contributed by atoms with Gasteiger partial charge in [0.05, 0.1) is 10.8 Å². The van der Waals surface area contributed by atoms with Crippen LogP contribution < -0.4 is 5.32 Å². The van der Waals surface area contributed by atoms with E-state index in [4.69, 9.17) is 0 Å². The first-order valence-corrected chi connectivity index (χ1v) is 7.40. The lowest BCUT2D eigenvalue weighted by molar-refractivity contribution is 0.461. The molecule has 0 aliphatic heterocycles. The van der Waals surface area contributed by atoms with Crippen LogP contribution in [-0.4, -0.2) is 23.1 Å². The molecule has 1 N–H and O–H groups in total. The van der Waals surface area contributed by atoms with Crippen LogP contribution in [0.4, 0.5) is 0 Å². The highest BCUT2D eigenvalue weighted by atomic mass is 32.2. The standard InChI is InChI=1S/C14H23NOS/c1-10(2)13(15-5)9-17(16)14-7-6-11(3)8-12(14)4/h6-8,10,13,15H,9H2,1-5H3. The zero-order valence-electron chi connectivity index (χ0n) is 11.4. The van der Waals surface area contributed by atoms with E-state index in [1.807, 2.05) is 26.1 Å². The van der Waals surface area contributed by atoms with Gasteiger partial charge in [0, 0.05) is 16.7 Å². The molecule has 0 amide bonds. The Bertz CT molecular complexity index is 401. The number of benzene rings is 1. The van der Waals surface area contributed by atoms with Gasteiger partial charge in [0.15, 0.2) is 0 Å². The highest BCUT2D eigenvalue weighted by Crippen LogP contribution is 2.16. The normalized spacial score (nSPS) is 14.9. The van der Waals surface area contributed by atoms with Gasteiger partial charge in [-0.05, 0) is 38.4 Å². The Morgan fingerprint density at radius 3 is 2.41 bits per heavy atom. The van der Waals surface area contributed by atoms with E-state index in [1.165, 1.54) is 5.56 Å². The SMILES string of the molecule is CNC(CS(=O)c1ccc(C)cc1C)C(C)C. The van der Waals surface area contributed by atoms with Crippen LogP contribution in [0.3, 0.4) is 0 Å². The van der Waals surface area contributed by atoms with Crippen molar-refractivity contribution < 1.29 is 4.21 Å². The van der Waals surface area contributed by atoms with Gasteiger partial charge in [-0.2, -0.15) is 0 Å². The molecule has 1 aromatic rings. The van der Waals surface area contributed by atoms with E-state index < -0.39 is 10.8 Å². The Morgan fingerprint density at radius 1 is 1.29 bits per heavy atom. The van der Waals surface area contributed by atoms with E-state index in [1.54, 1.807) is 0 Å². The molecule has 17 heavy (non-hydrogen) atoms. The zero-order valence-corrected chi connectivity index (χ0v) is 12.2. The highest BCUT2D eigenvalue weighted by Gasteiger charge is 2.16. The molecule has 0 aliphatic rings. The van der Waals surface area contributed by atoms with Crippen LogP contribution in [0.15, 0.2) is 23.1 Å². The molecule has 0 aromatic heterocycles. The number of rotatable bonds is 5. The fourth-order valence-electron chi connectivity index (χ4n) is 1.92. The van der Waals surface area contributed by atoms with E-state index >= 15 is 0 Å². The third kappa shape index (κ3) is 3.93. The van der Waals surface area contributed by atoms with Crippen molar-refractivity contribution in [2.75, 3.05) is 12.8 Å². The molecule has 0 saturated carbocycles. The summed E-state index contributed by atoms with van der Waals surface area (Å²) in [6.45, 7) is 8.40. The third-order valence-corrected chi connectivity index (χ3v) is 4.69. The summed E-state index contributed by atoms with van der Waals surface area (Å²) in [5.41, 5.74) is 2.35. The van der Waals surface area contributed by atoms with Gasteiger partial charge < -0.3 is 5.32 Å². The van der Waals surface area contributed by atoms with Gasteiger partial charge >= 0.3 is 0 Å². The van der Waals surface area contributed by atoms with E-state index in [2.05, 4.69) is 32.2 Å². The van der Waals surface area contributed by atoms with E-state index in [0.29, 0.717) is 17.7 Å².